The quantitative estimate of drug-likeness (QED) is 0.706. The molecular weight excluding hydrogens is 268 g/mol. The van der Waals surface area contributed by atoms with E-state index in [-0.39, 0.29) is 29.9 Å². The Bertz CT molecular complexity index is 469. The second-order valence-corrected chi connectivity index (χ2v) is 6.02. The van der Waals surface area contributed by atoms with Crippen molar-refractivity contribution in [1.29, 1.82) is 0 Å². The van der Waals surface area contributed by atoms with E-state index < -0.39 is 0 Å². The number of phenols is 1. The zero-order chi connectivity index (χ0) is 15.3. The monoisotopic (exact) mass is 292 g/mol. The van der Waals surface area contributed by atoms with Crippen LogP contribution in [0.1, 0.15) is 25.8 Å². The van der Waals surface area contributed by atoms with E-state index in [9.17, 15) is 9.90 Å². The first-order valence-electron chi connectivity index (χ1n) is 7.39. The zero-order valence-corrected chi connectivity index (χ0v) is 12.7. The van der Waals surface area contributed by atoms with Crippen molar-refractivity contribution in [1.82, 2.24) is 10.6 Å². The summed E-state index contributed by atoms with van der Waals surface area (Å²) in [4.78, 5) is 11.8. The first-order chi connectivity index (χ1) is 9.97. The zero-order valence-electron chi connectivity index (χ0n) is 12.7. The lowest BCUT2D eigenvalue weighted by Crippen LogP contribution is -2.59. The molecule has 1 fully saturated rings. The molecule has 1 heterocycles. The van der Waals surface area contributed by atoms with Gasteiger partial charge in [-0.3, -0.25) is 4.79 Å². The molecule has 1 aromatic rings. The highest BCUT2D eigenvalue weighted by Gasteiger charge is 2.33. The molecular formula is C16H24N2O3. The highest BCUT2D eigenvalue weighted by molar-refractivity contribution is 5.77. The maximum absolute atomic E-state index is 11.8. The van der Waals surface area contributed by atoms with Crippen LogP contribution in [0.3, 0.4) is 0 Å². The van der Waals surface area contributed by atoms with E-state index in [4.69, 9.17) is 4.74 Å². The van der Waals surface area contributed by atoms with Crippen LogP contribution in [0.25, 0.3) is 0 Å². The fourth-order valence-electron chi connectivity index (χ4n) is 2.25. The summed E-state index contributed by atoms with van der Waals surface area (Å²) in [5, 5.41) is 15.3. The molecule has 1 saturated heterocycles. The maximum Gasteiger partial charge on any atom is 0.246 e. The fourth-order valence-corrected chi connectivity index (χ4v) is 2.25. The van der Waals surface area contributed by atoms with Crippen LogP contribution in [-0.4, -0.2) is 42.4 Å². The Labute approximate surface area is 125 Å². The summed E-state index contributed by atoms with van der Waals surface area (Å²) in [5.41, 5.74) is 0.963. The number of phenolic OH excluding ortho intramolecular Hbond substituents is 1. The van der Waals surface area contributed by atoms with E-state index in [1.807, 2.05) is 26.0 Å². The normalized spacial score (nSPS) is 17.8. The van der Waals surface area contributed by atoms with E-state index in [0.29, 0.717) is 0 Å². The number of carbonyl (C=O) groups excluding carboxylic acids is 1. The summed E-state index contributed by atoms with van der Waals surface area (Å²) in [5.74, 6) is 0.206. The largest absolute Gasteiger partial charge is 0.508 e. The molecule has 0 aliphatic carbocycles. The summed E-state index contributed by atoms with van der Waals surface area (Å²) in [7, 11) is 0. The maximum atomic E-state index is 11.8. The molecule has 0 radical (unpaired) electrons. The lowest BCUT2D eigenvalue weighted by Gasteiger charge is -2.38. The van der Waals surface area contributed by atoms with Crippen molar-refractivity contribution in [2.45, 2.75) is 38.3 Å². The number of amides is 1. The van der Waals surface area contributed by atoms with Crippen molar-refractivity contribution in [3.8, 4) is 5.75 Å². The Hall–Kier alpha value is -1.59. The molecule has 0 aromatic heterocycles. The van der Waals surface area contributed by atoms with Crippen LogP contribution in [0.2, 0.25) is 0 Å². The SMILES string of the molecule is CC(CCc1ccc(O)cc1)NC(=O)COC1(C)CNC1. The predicted octanol–water partition coefficient (Wildman–Crippen LogP) is 1.21. The third-order valence-corrected chi connectivity index (χ3v) is 3.76. The molecule has 1 atom stereocenters. The molecule has 21 heavy (non-hydrogen) atoms. The van der Waals surface area contributed by atoms with Gasteiger partial charge in [-0.25, -0.2) is 0 Å². The fraction of sp³-hybridized carbons (Fsp3) is 0.562. The first kappa shape index (κ1) is 15.8. The van der Waals surface area contributed by atoms with Crippen LogP contribution in [0.15, 0.2) is 24.3 Å². The van der Waals surface area contributed by atoms with Crippen molar-refractivity contribution in [3.63, 3.8) is 0 Å². The van der Waals surface area contributed by atoms with Gasteiger partial charge in [-0.05, 0) is 44.4 Å². The molecule has 0 bridgehead atoms. The lowest BCUT2D eigenvalue weighted by molar-refractivity contribution is -0.136. The Morgan fingerprint density at radius 3 is 2.67 bits per heavy atom. The molecule has 1 unspecified atom stereocenters. The van der Waals surface area contributed by atoms with Crippen molar-refractivity contribution in [2.75, 3.05) is 19.7 Å². The van der Waals surface area contributed by atoms with Gasteiger partial charge in [0, 0.05) is 19.1 Å². The molecule has 2 rings (SSSR count). The van der Waals surface area contributed by atoms with Gasteiger partial charge in [-0.2, -0.15) is 0 Å². The molecule has 0 saturated carbocycles. The van der Waals surface area contributed by atoms with Crippen LogP contribution in [0, 0.1) is 0 Å². The van der Waals surface area contributed by atoms with Gasteiger partial charge in [-0.1, -0.05) is 12.1 Å². The number of carbonyl (C=O) groups is 1. The van der Waals surface area contributed by atoms with E-state index in [1.54, 1.807) is 12.1 Å². The number of aromatic hydroxyl groups is 1. The Balaban J connectivity index is 1.65. The summed E-state index contributed by atoms with van der Waals surface area (Å²) in [6, 6.07) is 7.26. The lowest BCUT2D eigenvalue weighted by atomic mass is 10.0. The Kier molecular flexibility index (Phi) is 5.20. The highest BCUT2D eigenvalue weighted by atomic mass is 16.5. The van der Waals surface area contributed by atoms with Gasteiger partial charge in [0.25, 0.3) is 0 Å². The van der Waals surface area contributed by atoms with Crippen molar-refractivity contribution in [3.05, 3.63) is 29.8 Å². The highest BCUT2D eigenvalue weighted by Crippen LogP contribution is 2.15. The minimum absolute atomic E-state index is 0.0682. The number of aryl methyl sites for hydroxylation is 1. The van der Waals surface area contributed by atoms with Gasteiger partial charge in [0.15, 0.2) is 0 Å². The van der Waals surface area contributed by atoms with E-state index in [0.717, 1.165) is 31.5 Å². The van der Waals surface area contributed by atoms with Crippen LogP contribution in [-0.2, 0) is 16.0 Å². The topological polar surface area (TPSA) is 70.6 Å². The molecule has 5 nitrogen and oxygen atoms in total. The number of nitrogens with one attached hydrogen (secondary N) is 2. The van der Waals surface area contributed by atoms with E-state index in [2.05, 4.69) is 10.6 Å². The number of hydrogen-bond donors (Lipinski definition) is 3. The average Bonchev–Trinajstić information content (AvgIpc) is 2.42. The smallest absolute Gasteiger partial charge is 0.246 e. The summed E-state index contributed by atoms with van der Waals surface area (Å²) >= 11 is 0. The van der Waals surface area contributed by atoms with Gasteiger partial charge in [0.05, 0.1) is 5.60 Å². The molecule has 0 spiro atoms. The number of rotatable bonds is 7. The second-order valence-electron chi connectivity index (χ2n) is 6.02. The van der Waals surface area contributed by atoms with E-state index >= 15 is 0 Å². The third-order valence-electron chi connectivity index (χ3n) is 3.76. The van der Waals surface area contributed by atoms with Gasteiger partial charge >= 0.3 is 0 Å². The van der Waals surface area contributed by atoms with Gasteiger partial charge in [0.2, 0.25) is 5.91 Å². The molecule has 1 amide bonds. The summed E-state index contributed by atoms with van der Waals surface area (Å²) < 4.78 is 5.60. The van der Waals surface area contributed by atoms with Crippen molar-refractivity contribution >= 4 is 5.91 Å². The molecule has 3 N–H and O–H groups in total. The minimum atomic E-state index is -0.188. The number of hydrogen-bond acceptors (Lipinski definition) is 4. The predicted molar refractivity (Wildman–Crippen MR) is 81.3 cm³/mol. The molecule has 116 valence electrons. The number of ether oxygens (including phenoxy) is 1. The molecule has 1 aliphatic rings. The van der Waals surface area contributed by atoms with Crippen LogP contribution in [0.4, 0.5) is 0 Å². The van der Waals surface area contributed by atoms with Crippen LogP contribution in [0.5, 0.6) is 5.75 Å². The molecule has 1 aliphatic heterocycles. The first-order valence-corrected chi connectivity index (χ1v) is 7.39. The Morgan fingerprint density at radius 2 is 2.10 bits per heavy atom. The minimum Gasteiger partial charge on any atom is -0.508 e. The standard InChI is InChI=1S/C16H24N2O3/c1-12(3-4-13-5-7-14(19)8-6-13)18-15(20)9-21-16(2)10-17-11-16/h5-8,12,17,19H,3-4,9-11H2,1-2H3,(H,18,20). The van der Waals surface area contributed by atoms with Gasteiger partial charge in [0.1, 0.15) is 12.4 Å². The van der Waals surface area contributed by atoms with Crippen LogP contribution >= 0.6 is 0 Å². The van der Waals surface area contributed by atoms with Gasteiger partial charge in [-0.15, -0.1) is 0 Å². The second kappa shape index (κ2) is 6.91. The summed E-state index contributed by atoms with van der Waals surface area (Å²) in [6.45, 7) is 5.71. The van der Waals surface area contributed by atoms with Gasteiger partial charge < -0.3 is 20.5 Å². The van der Waals surface area contributed by atoms with Crippen LogP contribution < -0.4 is 10.6 Å². The number of benzene rings is 1. The van der Waals surface area contributed by atoms with Crippen molar-refractivity contribution in [2.24, 2.45) is 0 Å². The molecule has 1 aromatic carbocycles. The third kappa shape index (κ3) is 5.02. The van der Waals surface area contributed by atoms with Crippen molar-refractivity contribution < 1.29 is 14.6 Å². The average molecular weight is 292 g/mol. The molecule has 5 heteroatoms. The summed E-state index contributed by atoms with van der Waals surface area (Å²) in [6.07, 6.45) is 1.72. The Morgan fingerprint density at radius 1 is 1.43 bits per heavy atom. The van der Waals surface area contributed by atoms with E-state index in [1.165, 1.54) is 0 Å².